The first-order chi connectivity index (χ1) is 12.7. The fourth-order valence-corrected chi connectivity index (χ4v) is 2.96. The highest BCUT2D eigenvalue weighted by atomic mass is 16.6. The quantitative estimate of drug-likeness (QED) is 0.384. The molecule has 0 saturated carbocycles. The van der Waals surface area contributed by atoms with Crippen LogP contribution in [0.2, 0.25) is 0 Å². The maximum atomic E-state index is 11.8. The molecule has 1 aromatic heterocycles. The maximum Gasteiger partial charge on any atom is 0.373 e. The number of aromatic nitrogens is 1. The molecule has 5 heteroatoms. The molecule has 0 saturated heterocycles. The number of methoxy groups -OCH3 is 3. The molecule has 0 aliphatic heterocycles. The lowest BCUT2D eigenvalue weighted by Crippen LogP contribution is -2.07. The van der Waals surface area contributed by atoms with Crippen molar-refractivity contribution < 1.29 is 19.0 Å². The van der Waals surface area contributed by atoms with Crippen LogP contribution in [-0.4, -0.2) is 31.9 Å². The zero-order valence-corrected chi connectivity index (χ0v) is 15.1. The summed E-state index contributed by atoms with van der Waals surface area (Å²) in [5.74, 6) is 0.513. The van der Waals surface area contributed by atoms with Crippen LogP contribution in [-0.2, 0) is 20.8 Å². The van der Waals surface area contributed by atoms with Crippen molar-refractivity contribution in [2.75, 3.05) is 21.3 Å². The van der Waals surface area contributed by atoms with Crippen LogP contribution in [0.15, 0.2) is 60.5 Å². The third kappa shape index (κ3) is 3.42. The fourth-order valence-electron chi connectivity index (χ4n) is 2.96. The Morgan fingerprint density at radius 3 is 2.54 bits per heavy atom. The van der Waals surface area contributed by atoms with Gasteiger partial charge in [0.25, 0.3) is 0 Å². The third-order valence-corrected chi connectivity index (χ3v) is 4.28. The van der Waals surface area contributed by atoms with Crippen LogP contribution < -0.4 is 4.74 Å². The summed E-state index contributed by atoms with van der Waals surface area (Å²) in [5.41, 5.74) is 3.05. The van der Waals surface area contributed by atoms with Crippen LogP contribution in [0.3, 0.4) is 0 Å². The summed E-state index contributed by atoms with van der Waals surface area (Å²) >= 11 is 0. The van der Waals surface area contributed by atoms with Crippen molar-refractivity contribution in [3.05, 3.63) is 71.6 Å². The minimum atomic E-state index is -0.501. The molecule has 0 amide bonds. The van der Waals surface area contributed by atoms with Crippen LogP contribution in [0.1, 0.15) is 11.1 Å². The first-order valence-electron chi connectivity index (χ1n) is 8.21. The van der Waals surface area contributed by atoms with Gasteiger partial charge in [-0.2, -0.15) is 0 Å². The average Bonchev–Trinajstić information content (AvgIpc) is 3.09. The largest absolute Gasteiger partial charge is 0.496 e. The summed E-state index contributed by atoms with van der Waals surface area (Å²) in [5, 5.41) is 1.06. The predicted molar refractivity (Wildman–Crippen MR) is 101 cm³/mol. The van der Waals surface area contributed by atoms with E-state index in [1.807, 2.05) is 48.7 Å². The highest BCUT2D eigenvalue weighted by Gasteiger charge is 2.12. The minimum absolute atomic E-state index is 0.166. The van der Waals surface area contributed by atoms with Gasteiger partial charge in [-0.15, -0.1) is 0 Å². The van der Waals surface area contributed by atoms with Gasteiger partial charge in [0.1, 0.15) is 5.75 Å². The number of benzene rings is 2. The third-order valence-electron chi connectivity index (χ3n) is 4.28. The molecule has 0 spiro atoms. The number of carbonyl (C=O) groups excluding carboxylic acids is 1. The standard InChI is InChI=1S/C21H21NO4/c1-24-19-10-6-9-18-17(19)11-12-22(18)14-16-8-5-4-7-15(16)13-20(25-2)21(23)26-3/h4-13H,14H2,1-3H3. The molecule has 3 rings (SSSR count). The molecule has 0 aliphatic carbocycles. The number of fused-ring (bicyclic) bond motifs is 1. The number of carbonyl (C=O) groups is 1. The van der Waals surface area contributed by atoms with E-state index in [4.69, 9.17) is 14.2 Å². The Kier molecular flexibility index (Phi) is 5.27. The lowest BCUT2D eigenvalue weighted by molar-refractivity contribution is -0.139. The monoisotopic (exact) mass is 351 g/mol. The molecular weight excluding hydrogens is 330 g/mol. The van der Waals surface area contributed by atoms with Crippen molar-refractivity contribution in [3.63, 3.8) is 0 Å². The number of hydrogen-bond donors (Lipinski definition) is 0. The van der Waals surface area contributed by atoms with Gasteiger partial charge in [0.05, 0.1) is 26.8 Å². The molecule has 0 aliphatic rings. The lowest BCUT2D eigenvalue weighted by Gasteiger charge is -2.11. The average molecular weight is 351 g/mol. The first kappa shape index (κ1) is 17.6. The van der Waals surface area contributed by atoms with Gasteiger partial charge in [0.15, 0.2) is 0 Å². The summed E-state index contributed by atoms with van der Waals surface area (Å²) in [4.78, 5) is 11.8. The van der Waals surface area contributed by atoms with Gasteiger partial charge in [0, 0.05) is 18.1 Å². The molecule has 134 valence electrons. The Labute approximate surface area is 152 Å². The van der Waals surface area contributed by atoms with Crippen LogP contribution in [0, 0.1) is 0 Å². The summed E-state index contributed by atoms with van der Waals surface area (Å²) in [7, 11) is 4.46. The van der Waals surface area contributed by atoms with Gasteiger partial charge in [-0.05, 0) is 35.4 Å². The number of esters is 1. The molecule has 0 unspecified atom stereocenters. The number of nitrogens with zero attached hydrogens (tertiary/aromatic N) is 1. The molecule has 3 aromatic rings. The molecule has 5 nitrogen and oxygen atoms in total. The van der Waals surface area contributed by atoms with E-state index in [0.29, 0.717) is 6.54 Å². The van der Waals surface area contributed by atoms with Crippen LogP contribution in [0.5, 0.6) is 5.75 Å². The summed E-state index contributed by atoms with van der Waals surface area (Å²) in [6.07, 6.45) is 3.73. The van der Waals surface area contributed by atoms with Crippen LogP contribution >= 0.6 is 0 Å². The van der Waals surface area contributed by atoms with Gasteiger partial charge in [-0.25, -0.2) is 4.79 Å². The highest BCUT2D eigenvalue weighted by molar-refractivity contribution is 5.91. The molecular formula is C21H21NO4. The molecule has 0 bridgehead atoms. The van der Waals surface area contributed by atoms with Crippen LogP contribution in [0.4, 0.5) is 0 Å². The summed E-state index contributed by atoms with van der Waals surface area (Å²) in [6.45, 7) is 0.654. The Bertz CT molecular complexity index is 956. The van der Waals surface area contributed by atoms with E-state index in [9.17, 15) is 4.79 Å². The number of hydrogen-bond acceptors (Lipinski definition) is 4. The molecule has 0 N–H and O–H groups in total. The van der Waals surface area contributed by atoms with Gasteiger partial charge >= 0.3 is 5.97 Å². The second-order valence-electron chi connectivity index (χ2n) is 5.74. The van der Waals surface area contributed by atoms with Gasteiger partial charge in [-0.3, -0.25) is 0 Å². The van der Waals surface area contributed by atoms with E-state index in [1.165, 1.54) is 14.2 Å². The second-order valence-corrected chi connectivity index (χ2v) is 5.74. The Morgan fingerprint density at radius 2 is 1.81 bits per heavy atom. The van der Waals surface area contributed by atoms with E-state index in [2.05, 4.69) is 10.6 Å². The van der Waals surface area contributed by atoms with E-state index >= 15 is 0 Å². The molecule has 0 radical (unpaired) electrons. The van der Waals surface area contributed by atoms with E-state index in [0.717, 1.165) is 27.8 Å². The molecule has 1 heterocycles. The van der Waals surface area contributed by atoms with Crippen molar-refractivity contribution in [1.82, 2.24) is 4.57 Å². The zero-order chi connectivity index (χ0) is 18.5. The topological polar surface area (TPSA) is 49.7 Å². The van der Waals surface area contributed by atoms with Gasteiger partial charge in [-0.1, -0.05) is 30.3 Å². The molecule has 0 fully saturated rings. The Hall–Kier alpha value is -3.21. The minimum Gasteiger partial charge on any atom is -0.496 e. The Balaban J connectivity index is 2.00. The first-order valence-corrected chi connectivity index (χ1v) is 8.21. The van der Waals surface area contributed by atoms with Crippen molar-refractivity contribution in [2.45, 2.75) is 6.54 Å². The van der Waals surface area contributed by atoms with Gasteiger partial charge < -0.3 is 18.8 Å². The predicted octanol–water partition coefficient (Wildman–Crippen LogP) is 3.86. The number of rotatable bonds is 6. The van der Waals surface area contributed by atoms with E-state index < -0.39 is 5.97 Å². The van der Waals surface area contributed by atoms with Crippen molar-refractivity contribution in [2.24, 2.45) is 0 Å². The summed E-state index contributed by atoms with van der Waals surface area (Å²) in [6, 6.07) is 15.9. The Morgan fingerprint density at radius 1 is 1.00 bits per heavy atom. The maximum absolute atomic E-state index is 11.8. The van der Waals surface area contributed by atoms with Crippen molar-refractivity contribution >= 4 is 22.9 Å². The van der Waals surface area contributed by atoms with Crippen LogP contribution in [0.25, 0.3) is 17.0 Å². The van der Waals surface area contributed by atoms with Crippen molar-refractivity contribution in [3.8, 4) is 5.75 Å². The highest BCUT2D eigenvalue weighted by Crippen LogP contribution is 2.27. The number of ether oxygens (including phenoxy) is 3. The SMILES string of the molecule is COC(=O)C(=Cc1ccccc1Cn1ccc2c(OC)cccc21)OC. The normalized spacial score (nSPS) is 11.4. The molecule has 0 atom stereocenters. The lowest BCUT2D eigenvalue weighted by atomic mass is 10.1. The van der Waals surface area contributed by atoms with Gasteiger partial charge in [0.2, 0.25) is 5.76 Å². The second kappa shape index (κ2) is 7.78. The summed E-state index contributed by atoms with van der Waals surface area (Å²) < 4.78 is 17.5. The van der Waals surface area contributed by atoms with E-state index in [-0.39, 0.29) is 5.76 Å². The molecule has 26 heavy (non-hydrogen) atoms. The molecule has 2 aromatic carbocycles. The fraction of sp³-hybridized carbons (Fsp3) is 0.190. The van der Waals surface area contributed by atoms with Crippen molar-refractivity contribution in [1.29, 1.82) is 0 Å². The smallest absolute Gasteiger partial charge is 0.373 e. The van der Waals surface area contributed by atoms with E-state index in [1.54, 1.807) is 13.2 Å². The zero-order valence-electron chi connectivity index (χ0n) is 15.1.